The molecule has 0 amide bonds. The van der Waals surface area contributed by atoms with Crippen LogP contribution in [-0.4, -0.2) is 21.1 Å². The average molecular weight is 480 g/mol. The molecule has 0 aliphatic heterocycles. The van der Waals surface area contributed by atoms with Crippen molar-refractivity contribution in [3.8, 4) is 0 Å². The van der Waals surface area contributed by atoms with E-state index >= 15 is 0 Å². The normalized spacial score (nSPS) is 11.3. The van der Waals surface area contributed by atoms with Gasteiger partial charge in [0, 0.05) is 21.6 Å². The molecule has 3 rings (SSSR count). The van der Waals surface area contributed by atoms with Crippen molar-refractivity contribution in [1.29, 1.82) is 0 Å². The Morgan fingerprint density at radius 2 is 1.93 bits per heavy atom. The Kier molecular flexibility index (Phi) is 6.96. The smallest absolute Gasteiger partial charge is 0.262 e. The van der Waals surface area contributed by atoms with Crippen molar-refractivity contribution in [1.82, 2.24) is 9.55 Å². The van der Waals surface area contributed by atoms with E-state index < -0.39 is 0 Å². The van der Waals surface area contributed by atoms with Crippen molar-refractivity contribution in [2.75, 3.05) is 5.75 Å². The first kappa shape index (κ1) is 21.1. The Hall–Kier alpha value is -1.63. The molecule has 0 saturated heterocycles. The number of carbonyl (C=O) groups excluding carboxylic acids is 1. The number of carbonyl (C=O) groups is 1. The number of thioether (sulfide) groups is 1. The Morgan fingerprint density at radius 3 is 2.61 bits per heavy atom. The lowest BCUT2D eigenvalue weighted by Gasteiger charge is -2.14. The first-order valence-corrected chi connectivity index (χ1v) is 11.1. The fourth-order valence-electron chi connectivity index (χ4n) is 2.72. The predicted octanol–water partition coefficient (Wildman–Crippen LogP) is 5.83. The van der Waals surface area contributed by atoms with Gasteiger partial charge < -0.3 is 0 Å². The van der Waals surface area contributed by atoms with E-state index in [-0.39, 0.29) is 17.1 Å². The second kappa shape index (κ2) is 9.25. The second-order valence-electron chi connectivity index (χ2n) is 6.91. The maximum Gasteiger partial charge on any atom is 0.262 e. The molecule has 0 spiro atoms. The minimum absolute atomic E-state index is 0.00616. The highest BCUT2D eigenvalue weighted by Gasteiger charge is 2.15. The van der Waals surface area contributed by atoms with E-state index in [0.29, 0.717) is 39.1 Å². The monoisotopic (exact) mass is 478 g/mol. The molecule has 1 heterocycles. The molecule has 0 fully saturated rings. The summed E-state index contributed by atoms with van der Waals surface area (Å²) in [6.07, 6.45) is 0.856. The van der Waals surface area contributed by atoms with Crippen LogP contribution in [0.1, 0.15) is 30.6 Å². The van der Waals surface area contributed by atoms with Gasteiger partial charge in [-0.25, -0.2) is 4.98 Å². The van der Waals surface area contributed by atoms with Crippen LogP contribution in [-0.2, 0) is 6.54 Å². The summed E-state index contributed by atoms with van der Waals surface area (Å²) in [7, 11) is 0. The van der Waals surface area contributed by atoms with Crippen LogP contribution in [0, 0.1) is 5.92 Å². The lowest BCUT2D eigenvalue weighted by Crippen LogP contribution is -2.24. The van der Waals surface area contributed by atoms with Crippen molar-refractivity contribution in [2.45, 2.75) is 32.0 Å². The summed E-state index contributed by atoms with van der Waals surface area (Å²) in [6.45, 7) is 4.79. The van der Waals surface area contributed by atoms with Gasteiger partial charge >= 0.3 is 0 Å². The number of hydrogen-bond donors (Lipinski definition) is 0. The van der Waals surface area contributed by atoms with Gasteiger partial charge in [0.15, 0.2) is 10.9 Å². The number of halogens is 2. The number of fused-ring (bicyclic) bond motifs is 1. The minimum Gasteiger partial charge on any atom is -0.293 e. The third kappa shape index (κ3) is 5.04. The van der Waals surface area contributed by atoms with Gasteiger partial charge in [-0.05, 0) is 42.7 Å². The number of aromatic nitrogens is 2. The summed E-state index contributed by atoms with van der Waals surface area (Å²) in [5.41, 5.74) is 1.09. The van der Waals surface area contributed by atoms with E-state index in [1.165, 1.54) is 11.8 Å². The first-order valence-electron chi connectivity index (χ1n) is 8.97. The summed E-state index contributed by atoms with van der Waals surface area (Å²) in [5, 5.41) is 1.61. The van der Waals surface area contributed by atoms with E-state index in [2.05, 4.69) is 34.8 Å². The van der Waals surface area contributed by atoms with E-state index in [4.69, 9.17) is 11.6 Å². The van der Waals surface area contributed by atoms with Crippen LogP contribution in [0.4, 0.5) is 0 Å². The zero-order chi connectivity index (χ0) is 20.3. The van der Waals surface area contributed by atoms with Crippen molar-refractivity contribution in [2.24, 2.45) is 5.92 Å². The summed E-state index contributed by atoms with van der Waals surface area (Å²) in [4.78, 5) is 30.2. The van der Waals surface area contributed by atoms with E-state index in [1.54, 1.807) is 34.9 Å². The number of hydrogen-bond acceptors (Lipinski definition) is 4. The van der Waals surface area contributed by atoms with Crippen LogP contribution < -0.4 is 5.56 Å². The van der Waals surface area contributed by atoms with Crippen LogP contribution in [0.15, 0.2) is 56.9 Å². The number of ketones is 1. The molecule has 1 aromatic heterocycles. The molecule has 0 N–H and O–H groups in total. The molecule has 0 atom stereocenters. The zero-order valence-electron chi connectivity index (χ0n) is 15.6. The Labute approximate surface area is 181 Å². The molecule has 0 saturated carbocycles. The number of Topliss-reactive ketones (excluding diaryl/α,β-unsaturated/α-hetero) is 1. The molecule has 4 nitrogen and oxygen atoms in total. The van der Waals surface area contributed by atoms with Gasteiger partial charge in [0.05, 0.1) is 16.7 Å². The highest BCUT2D eigenvalue weighted by atomic mass is 79.9. The molecule has 0 bridgehead atoms. The van der Waals surface area contributed by atoms with Crippen LogP contribution in [0.25, 0.3) is 10.9 Å². The summed E-state index contributed by atoms with van der Waals surface area (Å²) in [6, 6.07) is 12.3. The molecule has 7 heteroatoms. The minimum atomic E-state index is -0.0964. The lowest BCUT2D eigenvalue weighted by molar-refractivity contribution is 0.102. The van der Waals surface area contributed by atoms with Crippen molar-refractivity contribution in [3.05, 3.63) is 67.9 Å². The fraction of sp³-hybridized carbons (Fsp3) is 0.286. The third-order valence-electron chi connectivity index (χ3n) is 4.31. The molecule has 0 radical (unpaired) electrons. The van der Waals surface area contributed by atoms with Crippen LogP contribution >= 0.6 is 39.3 Å². The molecule has 0 unspecified atom stereocenters. The Morgan fingerprint density at radius 1 is 1.21 bits per heavy atom. The zero-order valence-corrected chi connectivity index (χ0v) is 18.8. The Bertz CT molecular complexity index is 1060. The molecule has 146 valence electrons. The Balaban J connectivity index is 1.92. The maximum atomic E-state index is 13.0. The highest BCUT2D eigenvalue weighted by Crippen LogP contribution is 2.22. The molecule has 28 heavy (non-hydrogen) atoms. The fourth-order valence-corrected chi connectivity index (χ4v) is 4.07. The number of nitrogens with zero attached hydrogens (tertiary/aromatic N) is 2. The van der Waals surface area contributed by atoms with Gasteiger partial charge in [-0.3, -0.25) is 14.2 Å². The van der Waals surface area contributed by atoms with Crippen molar-refractivity contribution >= 4 is 56.0 Å². The van der Waals surface area contributed by atoms with E-state index in [9.17, 15) is 9.59 Å². The maximum absolute atomic E-state index is 13.0. The molecule has 3 aromatic rings. The third-order valence-corrected chi connectivity index (χ3v) is 6.05. The average Bonchev–Trinajstić information content (AvgIpc) is 2.65. The van der Waals surface area contributed by atoms with Gasteiger partial charge in [0.1, 0.15) is 0 Å². The topological polar surface area (TPSA) is 52.0 Å². The van der Waals surface area contributed by atoms with Crippen LogP contribution in [0.5, 0.6) is 0 Å². The number of rotatable bonds is 7. The standard InChI is InChI=1S/C21H20BrClN2O2S/c1-13(2)9-10-25-20(27)17-8-7-16(23)11-18(17)24-21(25)28-12-19(26)14-3-5-15(22)6-4-14/h3-8,11,13H,9-10,12H2,1-2H3. The van der Waals surface area contributed by atoms with Gasteiger partial charge in [-0.1, -0.05) is 65.3 Å². The van der Waals surface area contributed by atoms with Crippen LogP contribution in [0.3, 0.4) is 0 Å². The molecular weight excluding hydrogens is 460 g/mol. The largest absolute Gasteiger partial charge is 0.293 e. The van der Waals surface area contributed by atoms with Crippen LogP contribution in [0.2, 0.25) is 5.02 Å². The van der Waals surface area contributed by atoms with Gasteiger partial charge in [0.25, 0.3) is 5.56 Å². The molecular formula is C21H20BrClN2O2S. The summed E-state index contributed by atoms with van der Waals surface area (Å²) >= 11 is 10.7. The predicted molar refractivity (Wildman–Crippen MR) is 120 cm³/mol. The SMILES string of the molecule is CC(C)CCn1c(SCC(=O)c2ccc(Br)cc2)nc2cc(Cl)ccc2c1=O. The summed E-state index contributed by atoms with van der Waals surface area (Å²) < 4.78 is 2.60. The lowest BCUT2D eigenvalue weighted by atomic mass is 10.1. The first-order chi connectivity index (χ1) is 13.3. The summed E-state index contributed by atoms with van der Waals surface area (Å²) in [5.74, 6) is 0.658. The van der Waals surface area contributed by atoms with Crippen molar-refractivity contribution < 1.29 is 4.79 Å². The molecule has 0 aliphatic carbocycles. The van der Waals surface area contributed by atoms with E-state index in [1.807, 2.05) is 12.1 Å². The van der Waals surface area contributed by atoms with Crippen molar-refractivity contribution in [3.63, 3.8) is 0 Å². The number of benzene rings is 2. The quantitative estimate of drug-likeness (QED) is 0.243. The molecule has 0 aliphatic rings. The van der Waals surface area contributed by atoms with Gasteiger partial charge in [0.2, 0.25) is 0 Å². The van der Waals surface area contributed by atoms with Gasteiger partial charge in [-0.2, -0.15) is 0 Å². The van der Waals surface area contributed by atoms with Gasteiger partial charge in [-0.15, -0.1) is 0 Å². The van der Waals surface area contributed by atoms with E-state index in [0.717, 1.165) is 10.9 Å². The second-order valence-corrected chi connectivity index (χ2v) is 9.21. The molecule has 2 aromatic carbocycles. The highest BCUT2D eigenvalue weighted by molar-refractivity contribution is 9.10.